The molecule has 0 saturated carbocycles. The van der Waals surface area contributed by atoms with Gasteiger partial charge in [-0.2, -0.15) is 0 Å². The summed E-state index contributed by atoms with van der Waals surface area (Å²) in [5, 5.41) is 0.842. The standard InChI is InChI=1S/C13H14N4OS/c14-10-3-6-17(8-10)13(18)11-7-16-12(19-11)9-1-4-15-5-2-9/h1-2,4-5,7,10H,3,6,8,14H2/t10-/m0/s1. The van der Waals surface area contributed by atoms with E-state index in [0.29, 0.717) is 11.4 Å². The summed E-state index contributed by atoms with van der Waals surface area (Å²) in [6.45, 7) is 1.38. The molecule has 5 nitrogen and oxygen atoms in total. The number of carbonyl (C=O) groups excluding carboxylic acids is 1. The van der Waals surface area contributed by atoms with Gasteiger partial charge in [0.2, 0.25) is 0 Å². The summed E-state index contributed by atoms with van der Waals surface area (Å²) in [6, 6.07) is 3.88. The van der Waals surface area contributed by atoms with Crippen molar-refractivity contribution in [1.82, 2.24) is 14.9 Å². The van der Waals surface area contributed by atoms with E-state index < -0.39 is 0 Å². The second-order valence-electron chi connectivity index (χ2n) is 4.57. The molecule has 2 aromatic rings. The van der Waals surface area contributed by atoms with Gasteiger partial charge in [0, 0.05) is 37.1 Å². The zero-order valence-electron chi connectivity index (χ0n) is 10.3. The van der Waals surface area contributed by atoms with Crippen LogP contribution in [0.4, 0.5) is 0 Å². The first-order chi connectivity index (χ1) is 9.24. The Morgan fingerprint density at radius 3 is 2.89 bits per heavy atom. The average Bonchev–Trinajstić information content (AvgIpc) is 3.08. The lowest BCUT2D eigenvalue weighted by molar-refractivity contribution is 0.0795. The predicted octanol–water partition coefficient (Wildman–Crippen LogP) is 1.38. The van der Waals surface area contributed by atoms with Gasteiger partial charge in [-0.3, -0.25) is 9.78 Å². The van der Waals surface area contributed by atoms with Gasteiger partial charge in [-0.15, -0.1) is 11.3 Å². The average molecular weight is 274 g/mol. The Kier molecular flexibility index (Phi) is 3.27. The molecule has 1 aliphatic rings. The van der Waals surface area contributed by atoms with E-state index in [-0.39, 0.29) is 11.9 Å². The van der Waals surface area contributed by atoms with Crippen LogP contribution in [0.15, 0.2) is 30.7 Å². The van der Waals surface area contributed by atoms with Crippen LogP contribution in [0.25, 0.3) is 10.6 Å². The fourth-order valence-corrected chi connectivity index (χ4v) is 3.02. The molecular formula is C13H14N4OS. The summed E-state index contributed by atoms with van der Waals surface area (Å²) in [7, 11) is 0. The van der Waals surface area contributed by atoms with Crippen molar-refractivity contribution < 1.29 is 4.79 Å². The Morgan fingerprint density at radius 1 is 1.42 bits per heavy atom. The SMILES string of the molecule is N[C@H]1CCN(C(=O)c2cnc(-c3ccncc3)s2)C1. The van der Waals surface area contributed by atoms with Crippen LogP contribution in [-0.2, 0) is 0 Å². The van der Waals surface area contributed by atoms with Gasteiger partial charge in [0.1, 0.15) is 9.88 Å². The molecule has 1 aliphatic heterocycles. The number of amides is 1. The number of nitrogens with zero attached hydrogens (tertiary/aromatic N) is 3. The number of aromatic nitrogens is 2. The number of hydrogen-bond acceptors (Lipinski definition) is 5. The lowest BCUT2D eigenvalue weighted by Crippen LogP contribution is -2.31. The zero-order valence-corrected chi connectivity index (χ0v) is 11.1. The molecule has 1 amide bonds. The van der Waals surface area contributed by atoms with E-state index >= 15 is 0 Å². The lowest BCUT2D eigenvalue weighted by Gasteiger charge is -2.13. The first-order valence-corrected chi connectivity index (χ1v) is 6.97. The fourth-order valence-electron chi connectivity index (χ4n) is 2.13. The van der Waals surface area contributed by atoms with Crippen molar-refractivity contribution in [2.45, 2.75) is 12.5 Å². The van der Waals surface area contributed by atoms with Crippen molar-refractivity contribution in [2.75, 3.05) is 13.1 Å². The molecule has 3 rings (SSSR count). The smallest absolute Gasteiger partial charge is 0.265 e. The lowest BCUT2D eigenvalue weighted by atomic mass is 10.3. The third-order valence-corrected chi connectivity index (χ3v) is 4.19. The van der Waals surface area contributed by atoms with Crippen molar-refractivity contribution in [2.24, 2.45) is 5.73 Å². The largest absolute Gasteiger partial charge is 0.336 e. The molecule has 0 unspecified atom stereocenters. The maximum Gasteiger partial charge on any atom is 0.265 e. The summed E-state index contributed by atoms with van der Waals surface area (Å²) in [4.78, 5) is 23.0. The Bertz CT molecular complexity index is 583. The summed E-state index contributed by atoms with van der Waals surface area (Å²) < 4.78 is 0. The van der Waals surface area contributed by atoms with E-state index in [1.807, 2.05) is 12.1 Å². The van der Waals surface area contributed by atoms with E-state index in [1.54, 1.807) is 23.5 Å². The van der Waals surface area contributed by atoms with Crippen molar-refractivity contribution in [3.63, 3.8) is 0 Å². The molecule has 0 aromatic carbocycles. The fraction of sp³-hybridized carbons (Fsp3) is 0.308. The van der Waals surface area contributed by atoms with Crippen LogP contribution in [0, 0.1) is 0 Å². The molecule has 2 aromatic heterocycles. The highest BCUT2D eigenvalue weighted by molar-refractivity contribution is 7.16. The normalized spacial score (nSPS) is 18.8. The van der Waals surface area contributed by atoms with Crippen molar-refractivity contribution >= 4 is 17.2 Å². The molecule has 98 valence electrons. The van der Waals surface area contributed by atoms with Gasteiger partial charge >= 0.3 is 0 Å². The Morgan fingerprint density at radius 2 is 2.21 bits per heavy atom. The molecule has 1 fully saturated rings. The zero-order chi connectivity index (χ0) is 13.2. The minimum absolute atomic E-state index is 0.0331. The number of hydrogen-bond donors (Lipinski definition) is 1. The van der Waals surface area contributed by atoms with E-state index in [4.69, 9.17) is 5.73 Å². The molecule has 6 heteroatoms. The van der Waals surface area contributed by atoms with Gasteiger partial charge in [0.05, 0.1) is 6.20 Å². The number of likely N-dealkylation sites (tertiary alicyclic amines) is 1. The van der Waals surface area contributed by atoms with E-state index in [1.165, 1.54) is 11.3 Å². The van der Waals surface area contributed by atoms with Gasteiger partial charge in [-0.1, -0.05) is 0 Å². The first kappa shape index (κ1) is 12.3. The minimum Gasteiger partial charge on any atom is -0.336 e. The van der Waals surface area contributed by atoms with E-state index in [9.17, 15) is 4.79 Å². The highest BCUT2D eigenvalue weighted by Gasteiger charge is 2.25. The maximum absolute atomic E-state index is 12.3. The highest BCUT2D eigenvalue weighted by atomic mass is 32.1. The van der Waals surface area contributed by atoms with Gasteiger partial charge in [0.25, 0.3) is 5.91 Å². The van der Waals surface area contributed by atoms with Gasteiger partial charge in [-0.25, -0.2) is 4.98 Å². The maximum atomic E-state index is 12.3. The molecule has 2 N–H and O–H groups in total. The third kappa shape index (κ3) is 2.50. The van der Waals surface area contributed by atoms with Gasteiger partial charge < -0.3 is 10.6 Å². The summed E-state index contributed by atoms with van der Waals surface area (Å²) >= 11 is 1.41. The van der Waals surface area contributed by atoms with Crippen LogP contribution in [0.3, 0.4) is 0 Å². The van der Waals surface area contributed by atoms with Crippen molar-refractivity contribution in [3.05, 3.63) is 35.6 Å². The Balaban J connectivity index is 1.80. The van der Waals surface area contributed by atoms with Crippen molar-refractivity contribution in [3.8, 4) is 10.6 Å². The molecule has 19 heavy (non-hydrogen) atoms. The third-order valence-electron chi connectivity index (χ3n) is 3.16. The topological polar surface area (TPSA) is 72.1 Å². The number of thiazole rings is 1. The van der Waals surface area contributed by atoms with E-state index in [2.05, 4.69) is 9.97 Å². The summed E-state index contributed by atoms with van der Waals surface area (Å²) in [6.07, 6.45) is 5.96. The Labute approximate surface area is 115 Å². The molecule has 0 aliphatic carbocycles. The molecular weight excluding hydrogens is 260 g/mol. The van der Waals surface area contributed by atoms with Crippen LogP contribution >= 0.6 is 11.3 Å². The first-order valence-electron chi connectivity index (χ1n) is 6.15. The van der Waals surface area contributed by atoms with Crippen LogP contribution in [0.5, 0.6) is 0 Å². The molecule has 0 bridgehead atoms. The number of rotatable bonds is 2. The molecule has 0 radical (unpaired) electrons. The molecule has 3 heterocycles. The number of nitrogens with two attached hydrogens (primary N) is 1. The quantitative estimate of drug-likeness (QED) is 0.898. The predicted molar refractivity (Wildman–Crippen MR) is 73.8 cm³/mol. The van der Waals surface area contributed by atoms with Crippen LogP contribution in [0.2, 0.25) is 0 Å². The highest BCUT2D eigenvalue weighted by Crippen LogP contribution is 2.26. The van der Waals surface area contributed by atoms with Crippen LogP contribution in [-0.4, -0.2) is 39.9 Å². The second kappa shape index (κ2) is 5.07. The molecule has 0 spiro atoms. The molecule has 1 saturated heterocycles. The molecule has 1 atom stereocenters. The van der Waals surface area contributed by atoms with Gasteiger partial charge in [0.15, 0.2) is 0 Å². The minimum atomic E-state index is 0.0331. The van der Waals surface area contributed by atoms with E-state index in [0.717, 1.165) is 23.5 Å². The summed E-state index contributed by atoms with van der Waals surface area (Å²) in [5.74, 6) is 0.0331. The van der Waals surface area contributed by atoms with Gasteiger partial charge in [-0.05, 0) is 18.6 Å². The van der Waals surface area contributed by atoms with Crippen LogP contribution < -0.4 is 5.73 Å². The second-order valence-corrected chi connectivity index (χ2v) is 5.60. The summed E-state index contributed by atoms with van der Waals surface area (Å²) in [5.41, 5.74) is 6.81. The number of carbonyl (C=O) groups is 1. The monoisotopic (exact) mass is 274 g/mol. The van der Waals surface area contributed by atoms with Crippen LogP contribution in [0.1, 0.15) is 16.1 Å². The number of pyridine rings is 1. The Hall–Kier alpha value is -1.79. The van der Waals surface area contributed by atoms with Crippen molar-refractivity contribution in [1.29, 1.82) is 0 Å².